The van der Waals surface area contributed by atoms with Crippen LogP contribution in [0.5, 0.6) is 5.75 Å². The molecule has 0 fully saturated rings. The van der Waals surface area contributed by atoms with Crippen LogP contribution < -0.4 is 9.64 Å². The Kier molecular flexibility index (Phi) is 3.62. The van der Waals surface area contributed by atoms with Gasteiger partial charge in [0.25, 0.3) is 0 Å². The first-order valence-electron chi connectivity index (χ1n) is 5.78. The summed E-state index contributed by atoms with van der Waals surface area (Å²) in [7, 11) is 3.26. The summed E-state index contributed by atoms with van der Waals surface area (Å²) in [4.78, 5) is 1.35. The van der Waals surface area contributed by atoms with Crippen LogP contribution in [0.1, 0.15) is 5.56 Å². The Morgan fingerprint density at radius 3 is 2.58 bits per heavy atom. The molecule has 5 nitrogen and oxygen atoms in total. The lowest BCUT2D eigenvalue weighted by Gasteiger charge is -2.10. The largest absolute Gasteiger partial charge is 0.496 e. The van der Waals surface area contributed by atoms with Crippen molar-refractivity contribution >= 4 is 5.82 Å². The summed E-state index contributed by atoms with van der Waals surface area (Å²) < 4.78 is 5.32. The van der Waals surface area contributed by atoms with Crippen LogP contribution in [0.15, 0.2) is 30.3 Å². The average Bonchev–Trinajstić information content (AvgIpc) is 2.46. The molecular weight excluding hydrogens is 240 g/mol. The standard InChI is InChI=1S/C14H14N4O/c1-10-4-6-13(19-3)11(8-10)12-5-7-14(17-16-12)18(2)9-15/h4-8H,1-3H3. The van der Waals surface area contributed by atoms with E-state index in [1.165, 1.54) is 4.90 Å². The molecule has 0 saturated carbocycles. The summed E-state index contributed by atoms with van der Waals surface area (Å²) in [6.07, 6.45) is 1.98. The third kappa shape index (κ3) is 2.63. The van der Waals surface area contributed by atoms with E-state index in [1.54, 1.807) is 20.2 Å². The summed E-state index contributed by atoms with van der Waals surface area (Å²) in [6, 6.07) is 9.46. The van der Waals surface area contributed by atoms with Gasteiger partial charge in [-0.25, -0.2) is 0 Å². The molecule has 2 aromatic rings. The van der Waals surface area contributed by atoms with Crippen LogP contribution in [0.3, 0.4) is 0 Å². The van der Waals surface area contributed by atoms with E-state index in [1.807, 2.05) is 37.4 Å². The minimum Gasteiger partial charge on any atom is -0.496 e. The summed E-state index contributed by atoms with van der Waals surface area (Å²) in [5.41, 5.74) is 2.73. The summed E-state index contributed by atoms with van der Waals surface area (Å²) in [5.74, 6) is 1.26. The lowest BCUT2D eigenvalue weighted by atomic mass is 10.1. The highest BCUT2D eigenvalue weighted by Gasteiger charge is 2.09. The van der Waals surface area contributed by atoms with Crippen LogP contribution in [0, 0.1) is 18.4 Å². The quantitative estimate of drug-likeness (QED) is 0.621. The Bertz CT molecular complexity index is 616. The minimum atomic E-state index is 0.512. The fraction of sp³-hybridized carbons (Fsp3) is 0.214. The van der Waals surface area contributed by atoms with E-state index in [2.05, 4.69) is 10.2 Å². The molecule has 0 atom stereocenters. The van der Waals surface area contributed by atoms with Crippen molar-refractivity contribution in [2.45, 2.75) is 6.92 Å². The third-order valence-corrected chi connectivity index (χ3v) is 2.78. The minimum absolute atomic E-state index is 0.512. The molecular formula is C14H14N4O. The second kappa shape index (κ2) is 5.36. The first kappa shape index (κ1) is 12.8. The summed E-state index contributed by atoms with van der Waals surface area (Å²) in [6.45, 7) is 2.01. The van der Waals surface area contributed by atoms with E-state index in [4.69, 9.17) is 10.00 Å². The van der Waals surface area contributed by atoms with Gasteiger partial charge in [0.15, 0.2) is 12.0 Å². The number of aryl methyl sites for hydroxylation is 1. The average molecular weight is 254 g/mol. The smallest absolute Gasteiger partial charge is 0.185 e. The third-order valence-electron chi connectivity index (χ3n) is 2.78. The van der Waals surface area contributed by atoms with Crippen molar-refractivity contribution in [1.82, 2.24) is 10.2 Å². The summed E-state index contributed by atoms with van der Waals surface area (Å²) >= 11 is 0. The molecule has 0 bridgehead atoms. The molecule has 0 saturated heterocycles. The molecule has 2 rings (SSSR count). The number of rotatable bonds is 3. The van der Waals surface area contributed by atoms with E-state index >= 15 is 0 Å². The SMILES string of the molecule is COc1ccc(C)cc1-c1ccc(N(C)C#N)nn1. The van der Waals surface area contributed by atoms with Crippen molar-refractivity contribution in [3.63, 3.8) is 0 Å². The number of nitriles is 1. The molecule has 0 N–H and O–H groups in total. The first-order valence-corrected chi connectivity index (χ1v) is 5.78. The van der Waals surface area contributed by atoms with Gasteiger partial charge >= 0.3 is 0 Å². The van der Waals surface area contributed by atoms with Crippen LogP contribution >= 0.6 is 0 Å². The molecule has 1 aromatic carbocycles. The molecule has 1 aromatic heterocycles. The highest BCUT2D eigenvalue weighted by molar-refractivity contribution is 5.68. The van der Waals surface area contributed by atoms with Crippen LogP contribution in [0.2, 0.25) is 0 Å². The van der Waals surface area contributed by atoms with Crippen LogP contribution in [-0.2, 0) is 0 Å². The molecule has 0 aliphatic carbocycles. The number of nitrogens with zero attached hydrogens (tertiary/aromatic N) is 4. The second-order valence-electron chi connectivity index (χ2n) is 4.14. The molecule has 0 unspecified atom stereocenters. The highest BCUT2D eigenvalue weighted by Crippen LogP contribution is 2.29. The number of methoxy groups -OCH3 is 1. The molecule has 0 aliphatic rings. The van der Waals surface area contributed by atoms with Crippen molar-refractivity contribution in [2.75, 3.05) is 19.1 Å². The van der Waals surface area contributed by atoms with Gasteiger partial charge in [0.2, 0.25) is 0 Å². The van der Waals surface area contributed by atoms with Gasteiger partial charge < -0.3 is 4.74 Å². The van der Waals surface area contributed by atoms with Gasteiger partial charge in [-0.15, -0.1) is 10.2 Å². The van der Waals surface area contributed by atoms with Crippen molar-refractivity contribution < 1.29 is 4.74 Å². The van der Waals surface area contributed by atoms with Gasteiger partial charge in [-0.05, 0) is 31.2 Å². The Hall–Kier alpha value is -2.61. The van der Waals surface area contributed by atoms with Crippen molar-refractivity contribution in [2.24, 2.45) is 0 Å². The van der Waals surface area contributed by atoms with E-state index in [0.29, 0.717) is 5.82 Å². The predicted octanol–water partition coefficient (Wildman–Crippen LogP) is 2.38. The first-order chi connectivity index (χ1) is 9.15. The van der Waals surface area contributed by atoms with Gasteiger partial charge in [0.05, 0.1) is 12.8 Å². The zero-order chi connectivity index (χ0) is 13.8. The summed E-state index contributed by atoms with van der Waals surface area (Å²) in [5, 5.41) is 17.0. The Labute approximate surface area is 112 Å². The number of anilines is 1. The highest BCUT2D eigenvalue weighted by atomic mass is 16.5. The number of ether oxygens (including phenoxy) is 1. The van der Waals surface area contributed by atoms with Crippen molar-refractivity contribution in [3.05, 3.63) is 35.9 Å². The normalized spacial score (nSPS) is 9.79. The second-order valence-corrected chi connectivity index (χ2v) is 4.14. The van der Waals surface area contributed by atoms with Crippen LogP contribution in [-0.4, -0.2) is 24.4 Å². The van der Waals surface area contributed by atoms with Gasteiger partial charge in [-0.3, -0.25) is 4.90 Å². The molecule has 1 heterocycles. The van der Waals surface area contributed by atoms with Crippen LogP contribution in [0.25, 0.3) is 11.3 Å². The molecule has 0 spiro atoms. The van der Waals surface area contributed by atoms with Crippen molar-refractivity contribution in [3.8, 4) is 23.2 Å². The maximum atomic E-state index is 8.78. The van der Waals surface area contributed by atoms with E-state index in [-0.39, 0.29) is 0 Å². The van der Waals surface area contributed by atoms with E-state index < -0.39 is 0 Å². The van der Waals surface area contributed by atoms with Gasteiger partial charge in [-0.1, -0.05) is 11.6 Å². The zero-order valence-electron chi connectivity index (χ0n) is 11.1. The predicted molar refractivity (Wildman–Crippen MR) is 72.8 cm³/mol. The molecule has 96 valence electrons. The molecule has 0 aliphatic heterocycles. The topological polar surface area (TPSA) is 62.0 Å². The van der Waals surface area contributed by atoms with Crippen molar-refractivity contribution in [1.29, 1.82) is 5.26 Å². The number of aromatic nitrogens is 2. The number of benzene rings is 1. The molecule has 0 radical (unpaired) electrons. The lowest BCUT2D eigenvalue weighted by molar-refractivity contribution is 0.416. The zero-order valence-corrected chi connectivity index (χ0v) is 11.1. The number of hydrogen-bond donors (Lipinski definition) is 0. The fourth-order valence-electron chi connectivity index (χ4n) is 1.72. The number of hydrogen-bond acceptors (Lipinski definition) is 5. The van der Waals surface area contributed by atoms with Crippen LogP contribution in [0.4, 0.5) is 5.82 Å². The Morgan fingerprint density at radius 2 is 2.00 bits per heavy atom. The Balaban J connectivity index is 2.43. The van der Waals surface area contributed by atoms with E-state index in [0.717, 1.165) is 22.6 Å². The van der Waals surface area contributed by atoms with Gasteiger partial charge in [-0.2, -0.15) is 5.26 Å². The molecule has 5 heteroatoms. The van der Waals surface area contributed by atoms with E-state index in [9.17, 15) is 0 Å². The van der Waals surface area contributed by atoms with Gasteiger partial charge in [0.1, 0.15) is 5.75 Å². The lowest BCUT2D eigenvalue weighted by Crippen LogP contribution is -2.10. The fourth-order valence-corrected chi connectivity index (χ4v) is 1.72. The van der Waals surface area contributed by atoms with Gasteiger partial charge in [0, 0.05) is 12.6 Å². The molecule has 0 amide bonds. The maximum absolute atomic E-state index is 8.78. The monoisotopic (exact) mass is 254 g/mol. The molecule has 19 heavy (non-hydrogen) atoms. The maximum Gasteiger partial charge on any atom is 0.185 e. The Morgan fingerprint density at radius 1 is 1.21 bits per heavy atom.